The van der Waals surface area contributed by atoms with Gasteiger partial charge in [0.2, 0.25) is 0 Å². The zero-order chi connectivity index (χ0) is 22.1. The summed E-state index contributed by atoms with van der Waals surface area (Å²) in [6, 6.07) is 9.22. The standard InChI is InChI=1S/C20H18Br2ClN7O/c1-12-18(22)13(2)30(25-12)11-28-8-7-17(26-28)20(31)24-19-15(21)10-29(27-19)9-14-5-3-4-6-16(14)23/h3-8,10H,9,11H2,1-2H3,(H,24,27,31). The van der Waals surface area contributed by atoms with Crippen LogP contribution in [0.4, 0.5) is 5.82 Å². The lowest BCUT2D eigenvalue weighted by Gasteiger charge is -2.05. The molecule has 0 fully saturated rings. The van der Waals surface area contributed by atoms with Gasteiger partial charge in [0.15, 0.2) is 11.5 Å². The van der Waals surface area contributed by atoms with Crippen molar-refractivity contribution >= 4 is 55.2 Å². The second-order valence-corrected chi connectivity index (χ2v) is 8.99. The van der Waals surface area contributed by atoms with Crippen molar-refractivity contribution in [2.24, 2.45) is 0 Å². The Hall–Kier alpha value is -2.43. The molecule has 3 heterocycles. The van der Waals surface area contributed by atoms with E-state index >= 15 is 0 Å². The van der Waals surface area contributed by atoms with Crippen molar-refractivity contribution in [3.8, 4) is 0 Å². The highest BCUT2D eigenvalue weighted by atomic mass is 79.9. The zero-order valence-corrected chi connectivity index (χ0v) is 20.6. The third-order valence-electron chi connectivity index (χ3n) is 4.68. The van der Waals surface area contributed by atoms with Crippen molar-refractivity contribution in [1.82, 2.24) is 29.3 Å². The van der Waals surface area contributed by atoms with Gasteiger partial charge in [-0.3, -0.25) is 14.2 Å². The van der Waals surface area contributed by atoms with Crippen LogP contribution in [0.1, 0.15) is 27.4 Å². The number of aryl methyl sites for hydroxylation is 1. The van der Waals surface area contributed by atoms with Crippen LogP contribution in [0.3, 0.4) is 0 Å². The molecular formula is C20H18Br2ClN7O. The summed E-state index contributed by atoms with van der Waals surface area (Å²) in [6.45, 7) is 4.79. The van der Waals surface area contributed by atoms with E-state index < -0.39 is 0 Å². The first-order chi connectivity index (χ1) is 14.8. The predicted molar refractivity (Wildman–Crippen MR) is 125 cm³/mol. The molecule has 11 heteroatoms. The fourth-order valence-electron chi connectivity index (χ4n) is 3.05. The molecule has 0 aliphatic carbocycles. The van der Waals surface area contributed by atoms with E-state index in [0.717, 1.165) is 21.4 Å². The molecule has 0 atom stereocenters. The highest BCUT2D eigenvalue weighted by molar-refractivity contribution is 9.11. The van der Waals surface area contributed by atoms with Crippen molar-refractivity contribution in [1.29, 1.82) is 0 Å². The molecule has 3 aromatic heterocycles. The molecule has 0 unspecified atom stereocenters. The van der Waals surface area contributed by atoms with Gasteiger partial charge >= 0.3 is 0 Å². The van der Waals surface area contributed by atoms with Gasteiger partial charge < -0.3 is 5.32 Å². The Kier molecular flexibility index (Phi) is 6.31. The maximum absolute atomic E-state index is 12.7. The van der Waals surface area contributed by atoms with Gasteiger partial charge in [0.1, 0.15) is 6.67 Å². The second kappa shape index (κ2) is 8.97. The van der Waals surface area contributed by atoms with Gasteiger partial charge in [0, 0.05) is 17.4 Å². The van der Waals surface area contributed by atoms with E-state index in [1.54, 1.807) is 27.8 Å². The number of carbonyl (C=O) groups is 1. The van der Waals surface area contributed by atoms with Crippen LogP contribution in [0.5, 0.6) is 0 Å². The van der Waals surface area contributed by atoms with E-state index in [-0.39, 0.29) is 11.6 Å². The SMILES string of the molecule is Cc1nn(Cn2ccc(C(=O)Nc3nn(Cc4ccccc4Cl)cc3Br)n2)c(C)c1Br. The van der Waals surface area contributed by atoms with Crippen LogP contribution in [-0.2, 0) is 13.2 Å². The van der Waals surface area contributed by atoms with Gasteiger partial charge in [0.05, 0.1) is 26.9 Å². The van der Waals surface area contributed by atoms with Crippen LogP contribution in [-0.4, -0.2) is 35.2 Å². The molecule has 31 heavy (non-hydrogen) atoms. The number of anilines is 1. The van der Waals surface area contributed by atoms with Gasteiger partial charge in [-0.1, -0.05) is 29.8 Å². The maximum atomic E-state index is 12.7. The third kappa shape index (κ3) is 4.76. The number of aromatic nitrogens is 6. The Balaban J connectivity index is 1.45. The number of nitrogens with zero attached hydrogens (tertiary/aromatic N) is 6. The van der Waals surface area contributed by atoms with Gasteiger partial charge in [-0.2, -0.15) is 15.3 Å². The first-order valence-electron chi connectivity index (χ1n) is 9.32. The summed E-state index contributed by atoms with van der Waals surface area (Å²) in [7, 11) is 0. The zero-order valence-electron chi connectivity index (χ0n) is 16.7. The van der Waals surface area contributed by atoms with Crippen LogP contribution >= 0.6 is 43.5 Å². The molecule has 4 aromatic rings. The second-order valence-electron chi connectivity index (χ2n) is 6.93. The summed E-state index contributed by atoms with van der Waals surface area (Å²) in [5.74, 6) is 0.0612. The molecule has 160 valence electrons. The molecule has 0 aliphatic heterocycles. The van der Waals surface area contributed by atoms with Gasteiger partial charge in [0.25, 0.3) is 5.91 Å². The van der Waals surface area contributed by atoms with Crippen LogP contribution in [0.25, 0.3) is 0 Å². The van der Waals surface area contributed by atoms with E-state index in [4.69, 9.17) is 11.6 Å². The van der Waals surface area contributed by atoms with Crippen molar-refractivity contribution in [2.75, 3.05) is 5.32 Å². The van der Waals surface area contributed by atoms with E-state index in [1.165, 1.54) is 0 Å². The molecule has 8 nitrogen and oxygen atoms in total. The monoisotopic (exact) mass is 565 g/mol. The number of nitrogens with one attached hydrogen (secondary N) is 1. The summed E-state index contributed by atoms with van der Waals surface area (Å²) in [6.07, 6.45) is 3.53. The smallest absolute Gasteiger partial charge is 0.277 e. The lowest BCUT2D eigenvalue weighted by Crippen LogP contribution is -2.16. The molecular weight excluding hydrogens is 550 g/mol. The van der Waals surface area contributed by atoms with Gasteiger partial charge in [-0.05, 0) is 63.4 Å². The molecule has 0 saturated heterocycles. The number of hydrogen-bond donors (Lipinski definition) is 1. The lowest BCUT2D eigenvalue weighted by atomic mass is 10.2. The summed E-state index contributed by atoms with van der Waals surface area (Å²) in [5.41, 5.74) is 3.12. The molecule has 1 amide bonds. The van der Waals surface area contributed by atoms with Crippen LogP contribution in [0.15, 0.2) is 51.7 Å². The predicted octanol–water partition coefficient (Wildman–Crippen LogP) is 4.88. The van der Waals surface area contributed by atoms with Crippen LogP contribution < -0.4 is 5.32 Å². The molecule has 0 radical (unpaired) electrons. The van der Waals surface area contributed by atoms with E-state index in [2.05, 4.69) is 52.5 Å². The minimum absolute atomic E-state index is 0.285. The fourth-order valence-corrected chi connectivity index (χ4v) is 3.94. The van der Waals surface area contributed by atoms with Crippen molar-refractivity contribution in [2.45, 2.75) is 27.1 Å². The molecule has 0 spiro atoms. The Morgan fingerprint density at radius 1 is 1.10 bits per heavy atom. The summed E-state index contributed by atoms with van der Waals surface area (Å²) in [5, 5.41) is 16.7. The maximum Gasteiger partial charge on any atom is 0.277 e. The average Bonchev–Trinajstić information content (AvgIpc) is 3.40. The number of hydrogen-bond acceptors (Lipinski definition) is 4. The lowest BCUT2D eigenvalue weighted by molar-refractivity contribution is 0.102. The molecule has 1 aromatic carbocycles. The minimum Gasteiger partial charge on any atom is -0.303 e. The van der Waals surface area contributed by atoms with Crippen LogP contribution in [0.2, 0.25) is 5.02 Å². The Morgan fingerprint density at radius 3 is 2.58 bits per heavy atom. The first-order valence-corrected chi connectivity index (χ1v) is 11.3. The summed E-state index contributed by atoms with van der Waals surface area (Å²) in [4.78, 5) is 12.7. The normalized spacial score (nSPS) is 11.1. The van der Waals surface area contributed by atoms with Crippen molar-refractivity contribution in [3.05, 3.63) is 79.3 Å². The quantitative estimate of drug-likeness (QED) is 0.360. The van der Waals surface area contributed by atoms with Crippen molar-refractivity contribution in [3.63, 3.8) is 0 Å². The van der Waals surface area contributed by atoms with E-state index in [1.807, 2.05) is 42.8 Å². The molecule has 0 bridgehead atoms. The van der Waals surface area contributed by atoms with E-state index in [9.17, 15) is 4.79 Å². The third-order valence-corrected chi connectivity index (χ3v) is 6.78. The van der Waals surface area contributed by atoms with Crippen LogP contribution in [0, 0.1) is 13.8 Å². The summed E-state index contributed by atoms with van der Waals surface area (Å²) < 4.78 is 6.82. The minimum atomic E-state index is -0.350. The first kappa shape index (κ1) is 21.8. The molecule has 1 N–H and O–H groups in total. The Morgan fingerprint density at radius 2 is 1.87 bits per heavy atom. The molecule has 0 saturated carbocycles. The Labute approximate surface area is 200 Å². The topological polar surface area (TPSA) is 82.6 Å². The molecule has 0 aliphatic rings. The average molecular weight is 568 g/mol. The number of benzene rings is 1. The van der Waals surface area contributed by atoms with E-state index in [0.29, 0.717) is 28.5 Å². The highest BCUT2D eigenvalue weighted by Crippen LogP contribution is 2.23. The largest absolute Gasteiger partial charge is 0.303 e. The highest BCUT2D eigenvalue weighted by Gasteiger charge is 2.16. The number of carbonyl (C=O) groups excluding carboxylic acids is 1. The van der Waals surface area contributed by atoms with Crippen molar-refractivity contribution < 1.29 is 4.79 Å². The van der Waals surface area contributed by atoms with Gasteiger partial charge in [-0.15, -0.1) is 0 Å². The summed E-state index contributed by atoms with van der Waals surface area (Å²) >= 11 is 13.2. The number of halogens is 3. The number of rotatable bonds is 6. The van der Waals surface area contributed by atoms with Gasteiger partial charge in [-0.25, -0.2) is 4.68 Å². The number of amides is 1. The fraction of sp³-hybridized carbons (Fsp3) is 0.200. The Bertz CT molecular complexity index is 1260. The molecule has 4 rings (SSSR count).